The number of benzene rings is 2. The molecule has 0 radical (unpaired) electrons. The second kappa shape index (κ2) is 26.3. The number of likely N-dealkylation sites (tertiary alicyclic amines) is 2. The Morgan fingerprint density at radius 3 is 2.19 bits per heavy atom. The largest absolute Gasteiger partial charge is 0.507 e. The molecule has 2 saturated heterocycles. The fourth-order valence-corrected chi connectivity index (χ4v) is 7.60. The summed E-state index contributed by atoms with van der Waals surface area (Å²) in [5.41, 5.74) is 3.09. The predicted octanol–water partition coefficient (Wildman–Crippen LogP) is 7.86. The number of nitrogens with zero attached hydrogens (tertiary/aromatic N) is 3. The first-order chi connectivity index (χ1) is 25.9. The number of hydrogen-bond donors (Lipinski definition) is 2. The number of ether oxygens (including phenoxy) is 2. The van der Waals surface area contributed by atoms with Crippen LogP contribution in [0.5, 0.6) is 5.75 Å². The number of halogens is 1. The third-order valence-electron chi connectivity index (χ3n) is 10.1. The van der Waals surface area contributed by atoms with Crippen LogP contribution in [0.2, 0.25) is 0 Å². The van der Waals surface area contributed by atoms with E-state index < -0.39 is 6.09 Å². The van der Waals surface area contributed by atoms with Crippen LogP contribution in [0.1, 0.15) is 90.2 Å². The molecule has 0 spiro atoms. The first-order valence-corrected chi connectivity index (χ1v) is 20.4. The highest BCUT2D eigenvalue weighted by molar-refractivity contribution is 9.10. The number of Topliss-reactive ketones (excluding diaryl/α,β-unsaturated/α-hetero) is 1. The second-order valence-corrected chi connectivity index (χ2v) is 15.2. The van der Waals surface area contributed by atoms with Gasteiger partial charge >= 0.3 is 12.1 Å². The molecule has 0 atom stereocenters. The van der Waals surface area contributed by atoms with E-state index in [9.17, 15) is 19.2 Å². The Balaban J connectivity index is 0.000000313. The van der Waals surface area contributed by atoms with Crippen molar-refractivity contribution in [2.75, 3.05) is 64.8 Å². The fourth-order valence-electron chi connectivity index (χ4n) is 7.11. The number of amides is 2. The minimum atomic E-state index is -0.407. The zero-order valence-electron chi connectivity index (χ0n) is 33.5. The lowest BCUT2D eigenvalue weighted by atomic mass is 9.79. The molecule has 0 unspecified atom stereocenters. The standard InChI is InChI=1S/C19H27N3O4.C16H31NO2.C7H7BrO/c1-15(24)13-26-19(25)22-11-8-17(9-12-22)21(2)10-7-16-5-3-4-6-18(16)20-14-23;1-4-7-14(8-5-2)15-9-11-17(12-10-15)13-16(18)19-6-3;1-5-2-3-7(9)6(8)4-5/h3-6,14,17H,7-13H2,1-2H3,(H,20,23);14-15H,4-13H2,1-3H3;2-4,9H,1H3. The highest BCUT2D eigenvalue weighted by atomic mass is 79.9. The van der Waals surface area contributed by atoms with Crippen molar-refractivity contribution in [3.8, 4) is 5.75 Å². The molecule has 0 aromatic heterocycles. The minimum absolute atomic E-state index is 0.0698. The van der Waals surface area contributed by atoms with Gasteiger partial charge in [-0.25, -0.2) is 4.79 Å². The number of esters is 1. The highest BCUT2D eigenvalue weighted by Crippen LogP contribution is 2.31. The maximum Gasteiger partial charge on any atom is 0.410 e. The maximum absolute atomic E-state index is 11.9. The number of rotatable bonds is 16. The molecule has 11 nitrogen and oxygen atoms in total. The zero-order chi connectivity index (χ0) is 39.9. The number of para-hydroxylation sites is 1. The molecule has 2 amide bonds. The summed E-state index contributed by atoms with van der Waals surface area (Å²) in [4.78, 5) is 51.2. The number of carbonyl (C=O) groups excluding carboxylic acids is 4. The van der Waals surface area contributed by atoms with Crippen LogP contribution in [-0.4, -0.2) is 110 Å². The van der Waals surface area contributed by atoms with Crippen molar-refractivity contribution in [3.05, 3.63) is 58.1 Å². The third kappa shape index (κ3) is 17.8. The smallest absolute Gasteiger partial charge is 0.410 e. The number of aromatic hydroxyl groups is 1. The molecular formula is C42H65BrN4O7. The van der Waals surface area contributed by atoms with Crippen molar-refractivity contribution < 1.29 is 33.8 Å². The minimum Gasteiger partial charge on any atom is -0.507 e. The summed E-state index contributed by atoms with van der Waals surface area (Å²) in [5, 5.41) is 11.7. The molecule has 2 N–H and O–H groups in total. The topological polar surface area (TPSA) is 129 Å². The van der Waals surface area contributed by atoms with Crippen molar-refractivity contribution >= 4 is 45.9 Å². The average molecular weight is 818 g/mol. The summed E-state index contributed by atoms with van der Waals surface area (Å²) in [7, 11) is 2.09. The number of anilines is 1. The molecule has 4 rings (SSSR count). The number of phenols is 1. The molecular weight excluding hydrogens is 752 g/mol. The van der Waals surface area contributed by atoms with E-state index in [-0.39, 0.29) is 18.4 Å². The summed E-state index contributed by atoms with van der Waals surface area (Å²) < 4.78 is 10.7. The summed E-state index contributed by atoms with van der Waals surface area (Å²) in [6.45, 7) is 14.9. The molecule has 2 aliphatic heterocycles. The van der Waals surface area contributed by atoms with E-state index in [1.54, 1.807) is 11.0 Å². The van der Waals surface area contributed by atoms with Crippen LogP contribution >= 0.6 is 15.9 Å². The number of nitrogens with one attached hydrogen (secondary N) is 1. The SMILES string of the molecule is CC(=O)COC(=O)N1CCC(N(C)CCc2ccccc2NC=O)CC1.CCCC(CCC)C1CCN(CC(=O)OCC)CC1.Cc1ccc(O)c(Br)c1. The van der Waals surface area contributed by atoms with E-state index in [1.807, 2.05) is 50.2 Å². The van der Waals surface area contributed by atoms with Crippen LogP contribution in [0.25, 0.3) is 0 Å². The van der Waals surface area contributed by atoms with Gasteiger partial charge in [-0.05, 0) is 130 Å². The molecule has 0 bridgehead atoms. The second-order valence-electron chi connectivity index (χ2n) is 14.3. The Bertz CT molecular complexity index is 1400. The Morgan fingerprint density at radius 2 is 1.63 bits per heavy atom. The maximum atomic E-state index is 11.9. The van der Waals surface area contributed by atoms with Gasteiger partial charge in [-0.15, -0.1) is 0 Å². The lowest BCUT2D eigenvalue weighted by molar-refractivity contribution is -0.144. The van der Waals surface area contributed by atoms with Crippen LogP contribution in [0, 0.1) is 18.8 Å². The van der Waals surface area contributed by atoms with E-state index in [0.717, 1.165) is 72.0 Å². The first kappa shape index (κ1) is 46.7. The quantitative estimate of drug-likeness (QED) is 0.129. The average Bonchev–Trinajstić information content (AvgIpc) is 3.16. The van der Waals surface area contributed by atoms with E-state index in [2.05, 4.69) is 51.9 Å². The van der Waals surface area contributed by atoms with Crippen molar-refractivity contribution in [2.45, 2.75) is 98.4 Å². The Morgan fingerprint density at radius 1 is 0.981 bits per heavy atom. The highest BCUT2D eigenvalue weighted by Gasteiger charge is 2.27. The summed E-state index contributed by atoms with van der Waals surface area (Å²) in [6.07, 6.45) is 10.7. The van der Waals surface area contributed by atoms with Gasteiger partial charge in [0.2, 0.25) is 6.41 Å². The van der Waals surface area contributed by atoms with Crippen molar-refractivity contribution in [1.29, 1.82) is 0 Å². The lowest BCUT2D eigenvalue weighted by Crippen LogP contribution is -2.46. The van der Waals surface area contributed by atoms with Crippen LogP contribution in [0.4, 0.5) is 10.5 Å². The molecule has 0 saturated carbocycles. The summed E-state index contributed by atoms with van der Waals surface area (Å²) >= 11 is 3.20. The number of piperidine rings is 2. The van der Waals surface area contributed by atoms with Crippen molar-refractivity contribution in [3.63, 3.8) is 0 Å². The van der Waals surface area contributed by atoms with Crippen LogP contribution < -0.4 is 5.32 Å². The van der Waals surface area contributed by atoms with Crippen molar-refractivity contribution in [2.24, 2.45) is 11.8 Å². The molecule has 2 heterocycles. The van der Waals surface area contributed by atoms with Gasteiger partial charge in [0.25, 0.3) is 0 Å². The Hall–Kier alpha value is -3.48. The van der Waals surface area contributed by atoms with Gasteiger partial charge in [0.05, 0.1) is 17.6 Å². The zero-order valence-corrected chi connectivity index (χ0v) is 35.1. The predicted molar refractivity (Wildman–Crippen MR) is 219 cm³/mol. The van der Waals surface area contributed by atoms with Gasteiger partial charge in [-0.3, -0.25) is 19.3 Å². The van der Waals surface area contributed by atoms with Gasteiger partial charge in [0.1, 0.15) is 5.75 Å². The van der Waals surface area contributed by atoms with E-state index in [0.29, 0.717) is 44.4 Å². The molecule has 2 aromatic carbocycles. The first-order valence-electron chi connectivity index (χ1n) is 19.6. The summed E-state index contributed by atoms with van der Waals surface area (Å²) in [5.74, 6) is 1.84. The van der Waals surface area contributed by atoms with E-state index >= 15 is 0 Å². The molecule has 2 aliphatic rings. The summed E-state index contributed by atoms with van der Waals surface area (Å²) in [6, 6.07) is 13.6. The number of phenolic OH excluding ortho intramolecular Hbond substituents is 1. The number of carbonyl (C=O) groups is 4. The number of hydrogen-bond acceptors (Lipinski definition) is 9. The van der Waals surface area contributed by atoms with E-state index in [4.69, 9.17) is 14.6 Å². The monoisotopic (exact) mass is 816 g/mol. The van der Waals surface area contributed by atoms with Gasteiger partial charge in [-0.1, -0.05) is 63.8 Å². The van der Waals surface area contributed by atoms with Crippen LogP contribution in [0.15, 0.2) is 46.9 Å². The van der Waals surface area contributed by atoms with Gasteiger partial charge in [-0.2, -0.15) is 0 Å². The molecule has 302 valence electrons. The van der Waals surface area contributed by atoms with Gasteiger partial charge < -0.3 is 29.7 Å². The molecule has 2 fully saturated rings. The normalized spacial score (nSPS) is 15.1. The molecule has 54 heavy (non-hydrogen) atoms. The number of aryl methyl sites for hydroxylation is 1. The fraction of sp³-hybridized carbons (Fsp3) is 0.619. The lowest BCUT2D eigenvalue weighted by Gasteiger charge is -2.36. The molecule has 12 heteroatoms. The van der Waals surface area contributed by atoms with Crippen LogP contribution in [-0.2, 0) is 30.3 Å². The molecule has 2 aromatic rings. The Kier molecular flexibility index (Phi) is 22.8. The van der Waals surface area contributed by atoms with Crippen molar-refractivity contribution in [1.82, 2.24) is 14.7 Å². The van der Waals surface area contributed by atoms with Gasteiger partial charge in [0.15, 0.2) is 12.4 Å². The van der Waals surface area contributed by atoms with E-state index in [1.165, 1.54) is 45.4 Å². The van der Waals surface area contributed by atoms with Crippen LogP contribution in [0.3, 0.4) is 0 Å². The third-order valence-corrected chi connectivity index (χ3v) is 10.7. The number of ketones is 1. The number of likely N-dealkylation sites (N-methyl/N-ethyl adjacent to an activating group) is 1. The Labute approximate surface area is 332 Å². The van der Waals surface area contributed by atoms with Gasteiger partial charge in [0, 0.05) is 31.4 Å². The molecule has 0 aliphatic carbocycles.